The summed E-state index contributed by atoms with van der Waals surface area (Å²) >= 11 is 0. The lowest BCUT2D eigenvalue weighted by Crippen LogP contribution is -2.35. The van der Waals surface area contributed by atoms with E-state index in [4.69, 9.17) is 5.73 Å². The molecule has 2 aromatic carbocycles. The third-order valence-corrected chi connectivity index (χ3v) is 3.10. The van der Waals surface area contributed by atoms with Crippen LogP contribution in [0.1, 0.15) is 30.1 Å². The van der Waals surface area contributed by atoms with E-state index in [1.54, 1.807) is 0 Å². The smallest absolute Gasteiger partial charge is 0.241 e. The SMILES string of the molecule is C[C@H](NC(=O)[C@@H](N)c1ccccc1)c1ccccc1. The molecule has 0 aliphatic rings. The van der Waals surface area contributed by atoms with Gasteiger partial charge in [-0.3, -0.25) is 4.79 Å². The summed E-state index contributed by atoms with van der Waals surface area (Å²) in [6.45, 7) is 1.95. The average Bonchev–Trinajstić information content (AvgIpc) is 2.48. The van der Waals surface area contributed by atoms with Crippen molar-refractivity contribution in [3.8, 4) is 0 Å². The van der Waals surface area contributed by atoms with Gasteiger partial charge < -0.3 is 11.1 Å². The molecule has 98 valence electrons. The second-order valence-electron chi connectivity index (χ2n) is 4.53. The summed E-state index contributed by atoms with van der Waals surface area (Å²) < 4.78 is 0. The monoisotopic (exact) mass is 254 g/mol. The van der Waals surface area contributed by atoms with Gasteiger partial charge >= 0.3 is 0 Å². The van der Waals surface area contributed by atoms with E-state index >= 15 is 0 Å². The lowest BCUT2D eigenvalue weighted by Gasteiger charge is -2.18. The van der Waals surface area contributed by atoms with Gasteiger partial charge in [0.25, 0.3) is 0 Å². The molecule has 1 amide bonds. The van der Waals surface area contributed by atoms with Crippen molar-refractivity contribution in [2.24, 2.45) is 5.73 Å². The second-order valence-corrected chi connectivity index (χ2v) is 4.53. The highest BCUT2D eigenvalue weighted by Crippen LogP contribution is 2.14. The molecule has 0 fully saturated rings. The van der Waals surface area contributed by atoms with E-state index in [0.717, 1.165) is 11.1 Å². The maximum Gasteiger partial charge on any atom is 0.241 e. The van der Waals surface area contributed by atoms with E-state index in [9.17, 15) is 4.79 Å². The Labute approximate surface area is 113 Å². The topological polar surface area (TPSA) is 55.1 Å². The fraction of sp³-hybridized carbons (Fsp3) is 0.188. The first kappa shape index (κ1) is 13.3. The number of amides is 1. The van der Waals surface area contributed by atoms with Crippen LogP contribution >= 0.6 is 0 Å². The Balaban J connectivity index is 2.02. The van der Waals surface area contributed by atoms with Crippen molar-refractivity contribution in [1.82, 2.24) is 5.32 Å². The van der Waals surface area contributed by atoms with E-state index in [2.05, 4.69) is 5.32 Å². The summed E-state index contributed by atoms with van der Waals surface area (Å²) in [5.41, 5.74) is 7.84. The number of hydrogen-bond acceptors (Lipinski definition) is 2. The largest absolute Gasteiger partial charge is 0.348 e. The summed E-state index contributed by atoms with van der Waals surface area (Å²) in [5.74, 6) is -0.164. The molecule has 19 heavy (non-hydrogen) atoms. The third kappa shape index (κ3) is 3.42. The number of carbonyl (C=O) groups excluding carboxylic acids is 1. The van der Waals surface area contributed by atoms with Gasteiger partial charge in [-0.15, -0.1) is 0 Å². The van der Waals surface area contributed by atoms with Crippen molar-refractivity contribution in [2.45, 2.75) is 19.0 Å². The van der Waals surface area contributed by atoms with Crippen LogP contribution in [0.3, 0.4) is 0 Å². The molecule has 0 aliphatic heterocycles. The van der Waals surface area contributed by atoms with Crippen LogP contribution in [0.15, 0.2) is 60.7 Å². The van der Waals surface area contributed by atoms with E-state index < -0.39 is 6.04 Å². The second kappa shape index (κ2) is 6.16. The summed E-state index contributed by atoms with van der Waals surface area (Å²) in [7, 11) is 0. The van der Waals surface area contributed by atoms with Crippen molar-refractivity contribution >= 4 is 5.91 Å². The van der Waals surface area contributed by atoms with Crippen LogP contribution in [0.5, 0.6) is 0 Å². The van der Waals surface area contributed by atoms with E-state index in [1.165, 1.54) is 0 Å². The fourth-order valence-electron chi connectivity index (χ4n) is 1.94. The van der Waals surface area contributed by atoms with E-state index in [1.807, 2.05) is 67.6 Å². The van der Waals surface area contributed by atoms with Crippen molar-refractivity contribution < 1.29 is 4.79 Å². The molecule has 0 aromatic heterocycles. The van der Waals surface area contributed by atoms with Gasteiger partial charge in [0.1, 0.15) is 6.04 Å². The highest BCUT2D eigenvalue weighted by atomic mass is 16.2. The van der Waals surface area contributed by atoms with Gasteiger partial charge in [0.15, 0.2) is 0 Å². The van der Waals surface area contributed by atoms with Gasteiger partial charge in [-0.05, 0) is 18.1 Å². The minimum atomic E-state index is -0.632. The third-order valence-electron chi connectivity index (χ3n) is 3.10. The molecular weight excluding hydrogens is 236 g/mol. The fourth-order valence-corrected chi connectivity index (χ4v) is 1.94. The molecule has 0 saturated heterocycles. The molecule has 0 heterocycles. The van der Waals surface area contributed by atoms with Gasteiger partial charge in [0.2, 0.25) is 5.91 Å². The lowest BCUT2D eigenvalue weighted by molar-refractivity contribution is -0.123. The molecule has 3 nitrogen and oxygen atoms in total. The van der Waals surface area contributed by atoms with E-state index in [-0.39, 0.29) is 11.9 Å². The van der Waals surface area contributed by atoms with Crippen LogP contribution in [0.2, 0.25) is 0 Å². The molecule has 3 heteroatoms. The highest BCUT2D eigenvalue weighted by Gasteiger charge is 2.17. The number of benzene rings is 2. The van der Waals surface area contributed by atoms with Crippen LogP contribution in [0.4, 0.5) is 0 Å². The molecule has 0 bridgehead atoms. The van der Waals surface area contributed by atoms with Crippen molar-refractivity contribution in [3.63, 3.8) is 0 Å². The Hall–Kier alpha value is -2.13. The zero-order valence-electron chi connectivity index (χ0n) is 10.9. The highest BCUT2D eigenvalue weighted by molar-refractivity contribution is 5.83. The zero-order chi connectivity index (χ0) is 13.7. The maximum atomic E-state index is 12.1. The molecule has 0 spiro atoms. The Morgan fingerprint density at radius 2 is 1.42 bits per heavy atom. The Kier molecular flexibility index (Phi) is 4.31. The molecule has 2 atom stereocenters. The normalized spacial score (nSPS) is 13.6. The van der Waals surface area contributed by atoms with Crippen molar-refractivity contribution in [3.05, 3.63) is 71.8 Å². The molecule has 0 saturated carbocycles. The predicted molar refractivity (Wildman–Crippen MR) is 76.4 cm³/mol. The summed E-state index contributed by atoms with van der Waals surface area (Å²) in [6, 6.07) is 18.5. The standard InChI is InChI=1S/C16H18N2O/c1-12(13-8-4-2-5-9-13)18-16(19)15(17)14-10-6-3-7-11-14/h2-12,15H,17H2,1H3,(H,18,19)/t12-,15-/m0/s1. The van der Waals surface area contributed by atoms with Crippen LogP contribution in [0, 0.1) is 0 Å². The first-order chi connectivity index (χ1) is 9.18. The molecule has 2 aromatic rings. The molecule has 0 unspecified atom stereocenters. The number of carbonyl (C=O) groups is 1. The van der Waals surface area contributed by atoms with Crippen molar-refractivity contribution in [2.75, 3.05) is 0 Å². The molecule has 0 radical (unpaired) electrons. The van der Waals surface area contributed by atoms with Gasteiger partial charge in [-0.1, -0.05) is 60.7 Å². The van der Waals surface area contributed by atoms with Gasteiger partial charge in [0.05, 0.1) is 6.04 Å². The first-order valence-corrected chi connectivity index (χ1v) is 6.34. The minimum Gasteiger partial charge on any atom is -0.348 e. The Morgan fingerprint density at radius 1 is 0.947 bits per heavy atom. The number of nitrogens with two attached hydrogens (primary N) is 1. The quantitative estimate of drug-likeness (QED) is 0.881. The van der Waals surface area contributed by atoms with Crippen LogP contribution in [0.25, 0.3) is 0 Å². The summed E-state index contributed by atoms with van der Waals surface area (Å²) in [6.07, 6.45) is 0. The van der Waals surface area contributed by atoms with Gasteiger partial charge in [-0.2, -0.15) is 0 Å². The zero-order valence-corrected chi connectivity index (χ0v) is 10.9. The maximum absolute atomic E-state index is 12.1. The molecule has 2 rings (SSSR count). The van der Waals surface area contributed by atoms with E-state index in [0.29, 0.717) is 0 Å². The first-order valence-electron chi connectivity index (χ1n) is 6.34. The van der Waals surface area contributed by atoms with Gasteiger partial charge in [0, 0.05) is 0 Å². The van der Waals surface area contributed by atoms with Crippen LogP contribution < -0.4 is 11.1 Å². The van der Waals surface area contributed by atoms with Crippen LogP contribution in [-0.4, -0.2) is 5.91 Å². The molecule has 3 N–H and O–H groups in total. The summed E-state index contributed by atoms with van der Waals surface area (Å²) in [4.78, 5) is 12.1. The number of rotatable bonds is 4. The number of hydrogen-bond donors (Lipinski definition) is 2. The molecule has 0 aliphatic carbocycles. The lowest BCUT2D eigenvalue weighted by atomic mass is 10.1. The minimum absolute atomic E-state index is 0.0523. The average molecular weight is 254 g/mol. The Bertz CT molecular complexity index is 525. The number of nitrogens with one attached hydrogen (secondary N) is 1. The predicted octanol–water partition coefficient (Wildman–Crippen LogP) is 2.56. The summed E-state index contributed by atoms with van der Waals surface area (Å²) in [5, 5.41) is 2.93. The van der Waals surface area contributed by atoms with Gasteiger partial charge in [-0.25, -0.2) is 0 Å². The molecular formula is C16H18N2O. The van der Waals surface area contributed by atoms with Crippen molar-refractivity contribution in [1.29, 1.82) is 0 Å². The van der Waals surface area contributed by atoms with Crippen LogP contribution in [-0.2, 0) is 4.79 Å². The Morgan fingerprint density at radius 3 is 1.95 bits per heavy atom.